The second kappa shape index (κ2) is 6.22. The molecule has 0 atom stereocenters. The van der Waals surface area contributed by atoms with Gasteiger partial charge >= 0.3 is 0 Å². The molecular formula is C15H21BrN2O3. The van der Waals surface area contributed by atoms with Crippen LogP contribution in [0, 0.1) is 5.41 Å². The van der Waals surface area contributed by atoms with Crippen molar-refractivity contribution in [3.05, 3.63) is 22.6 Å². The van der Waals surface area contributed by atoms with Gasteiger partial charge in [-0.15, -0.1) is 0 Å². The molecule has 0 N–H and O–H groups in total. The van der Waals surface area contributed by atoms with Crippen molar-refractivity contribution in [1.82, 2.24) is 9.80 Å². The van der Waals surface area contributed by atoms with Crippen molar-refractivity contribution >= 4 is 27.7 Å². The van der Waals surface area contributed by atoms with Crippen LogP contribution >= 0.6 is 15.9 Å². The molecular weight excluding hydrogens is 336 g/mol. The molecule has 1 aliphatic rings. The molecule has 0 spiro atoms. The normalized spacial score (nSPS) is 16.2. The summed E-state index contributed by atoms with van der Waals surface area (Å²) in [6.45, 7) is 8.43. The van der Waals surface area contributed by atoms with Gasteiger partial charge in [0.05, 0.1) is 0 Å². The smallest absolute Gasteiger partial charge is 0.289 e. The number of amides is 2. The van der Waals surface area contributed by atoms with E-state index in [0.717, 1.165) is 0 Å². The summed E-state index contributed by atoms with van der Waals surface area (Å²) in [6, 6.07) is 3.36. The highest BCUT2D eigenvalue weighted by atomic mass is 79.9. The molecule has 6 heteroatoms. The number of hydrogen-bond donors (Lipinski definition) is 0. The molecule has 0 unspecified atom stereocenters. The Morgan fingerprint density at radius 1 is 1.14 bits per heavy atom. The second-order valence-electron chi connectivity index (χ2n) is 6.51. The van der Waals surface area contributed by atoms with E-state index in [4.69, 9.17) is 4.42 Å². The molecule has 2 amide bonds. The maximum absolute atomic E-state index is 12.2. The fourth-order valence-corrected chi connectivity index (χ4v) is 2.62. The summed E-state index contributed by atoms with van der Waals surface area (Å²) in [4.78, 5) is 28.0. The number of hydrogen-bond acceptors (Lipinski definition) is 3. The lowest BCUT2D eigenvalue weighted by molar-refractivity contribution is -0.134. The maximum atomic E-state index is 12.2. The van der Waals surface area contributed by atoms with E-state index < -0.39 is 0 Å². The zero-order chi connectivity index (χ0) is 15.6. The fraction of sp³-hybridized carbons (Fsp3) is 0.600. The van der Waals surface area contributed by atoms with Crippen LogP contribution < -0.4 is 0 Å². The first-order valence-corrected chi connectivity index (χ1v) is 7.88. The third-order valence-electron chi connectivity index (χ3n) is 3.39. The van der Waals surface area contributed by atoms with Crippen LogP contribution in [0.25, 0.3) is 0 Å². The largest absolute Gasteiger partial charge is 0.444 e. The van der Waals surface area contributed by atoms with E-state index in [1.54, 1.807) is 17.0 Å². The predicted molar refractivity (Wildman–Crippen MR) is 83.0 cm³/mol. The molecule has 21 heavy (non-hydrogen) atoms. The molecule has 2 rings (SSSR count). The monoisotopic (exact) mass is 356 g/mol. The van der Waals surface area contributed by atoms with Gasteiger partial charge in [-0.25, -0.2) is 0 Å². The molecule has 0 bridgehead atoms. The van der Waals surface area contributed by atoms with Crippen molar-refractivity contribution in [3.8, 4) is 0 Å². The summed E-state index contributed by atoms with van der Waals surface area (Å²) in [5, 5.41) is 0. The fourth-order valence-electron chi connectivity index (χ4n) is 2.31. The molecule has 1 aromatic heterocycles. The molecule has 0 aliphatic carbocycles. The molecule has 0 radical (unpaired) electrons. The molecule has 0 aromatic carbocycles. The molecule has 1 saturated heterocycles. The molecule has 2 heterocycles. The first-order valence-electron chi connectivity index (χ1n) is 7.09. The number of rotatable bonds is 2. The first-order chi connectivity index (χ1) is 9.76. The minimum absolute atomic E-state index is 0.00944. The van der Waals surface area contributed by atoms with E-state index in [1.165, 1.54) is 0 Å². The molecule has 1 aliphatic heterocycles. The topological polar surface area (TPSA) is 53.8 Å². The van der Waals surface area contributed by atoms with Gasteiger partial charge in [0.25, 0.3) is 5.91 Å². The quantitative estimate of drug-likeness (QED) is 0.818. The van der Waals surface area contributed by atoms with E-state index in [0.29, 0.717) is 43.0 Å². The minimum atomic E-state index is -0.122. The van der Waals surface area contributed by atoms with Gasteiger partial charge in [0.15, 0.2) is 10.4 Å². The lowest BCUT2D eigenvalue weighted by Crippen LogP contribution is -2.51. The summed E-state index contributed by atoms with van der Waals surface area (Å²) >= 11 is 3.19. The SMILES string of the molecule is CC(C)(C)CC(=O)N1CCN(C(=O)c2ccc(Br)o2)CC1. The highest BCUT2D eigenvalue weighted by Gasteiger charge is 2.28. The van der Waals surface area contributed by atoms with Crippen LogP contribution in [0.15, 0.2) is 21.2 Å². The zero-order valence-electron chi connectivity index (χ0n) is 12.7. The average Bonchev–Trinajstić information content (AvgIpc) is 2.83. The van der Waals surface area contributed by atoms with Gasteiger partial charge < -0.3 is 14.2 Å². The van der Waals surface area contributed by atoms with Crippen LogP contribution in [0.1, 0.15) is 37.7 Å². The van der Waals surface area contributed by atoms with Crippen LogP contribution in [0.2, 0.25) is 0 Å². The Morgan fingerprint density at radius 2 is 1.71 bits per heavy atom. The summed E-state index contributed by atoms with van der Waals surface area (Å²) in [5.41, 5.74) is -0.00944. The van der Waals surface area contributed by atoms with Gasteiger partial charge in [0.1, 0.15) is 0 Å². The number of piperazine rings is 1. The summed E-state index contributed by atoms with van der Waals surface area (Å²) in [7, 11) is 0. The third kappa shape index (κ3) is 4.33. The summed E-state index contributed by atoms with van der Waals surface area (Å²) in [6.07, 6.45) is 0.534. The highest BCUT2D eigenvalue weighted by molar-refractivity contribution is 9.10. The van der Waals surface area contributed by atoms with E-state index in [-0.39, 0.29) is 17.2 Å². The first kappa shape index (κ1) is 16.1. The third-order valence-corrected chi connectivity index (χ3v) is 3.81. The number of carbonyl (C=O) groups excluding carboxylic acids is 2. The molecule has 1 fully saturated rings. The van der Waals surface area contributed by atoms with E-state index >= 15 is 0 Å². The lowest BCUT2D eigenvalue weighted by Gasteiger charge is -2.35. The Morgan fingerprint density at radius 3 is 2.19 bits per heavy atom. The van der Waals surface area contributed by atoms with Crippen molar-refractivity contribution in [2.45, 2.75) is 27.2 Å². The van der Waals surface area contributed by atoms with Crippen LogP contribution in [0.4, 0.5) is 0 Å². The predicted octanol–water partition coefficient (Wildman–Crippen LogP) is 2.76. The Hall–Kier alpha value is -1.30. The Kier molecular flexibility index (Phi) is 4.76. The van der Waals surface area contributed by atoms with Crippen LogP contribution in [-0.2, 0) is 4.79 Å². The van der Waals surface area contributed by atoms with Crippen LogP contribution in [0.3, 0.4) is 0 Å². The minimum Gasteiger partial charge on any atom is -0.444 e. The second-order valence-corrected chi connectivity index (χ2v) is 7.30. The van der Waals surface area contributed by atoms with Gasteiger partial charge in [-0.05, 0) is 33.5 Å². The Bertz CT molecular complexity index is 525. The molecule has 5 nitrogen and oxygen atoms in total. The lowest BCUT2D eigenvalue weighted by atomic mass is 9.91. The summed E-state index contributed by atoms with van der Waals surface area (Å²) < 4.78 is 5.83. The number of halogens is 1. The van der Waals surface area contributed by atoms with Gasteiger partial charge in [-0.3, -0.25) is 9.59 Å². The molecule has 116 valence electrons. The Labute approximate surface area is 133 Å². The number of furan rings is 1. The van der Waals surface area contributed by atoms with Gasteiger partial charge in [0, 0.05) is 32.6 Å². The number of nitrogens with zero attached hydrogens (tertiary/aromatic N) is 2. The van der Waals surface area contributed by atoms with Crippen molar-refractivity contribution in [2.24, 2.45) is 5.41 Å². The molecule has 0 saturated carbocycles. The van der Waals surface area contributed by atoms with E-state index in [2.05, 4.69) is 36.7 Å². The van der Waals surface area contributed by atoms with Crippen molar-refractivity contribution in [3.63, 3.8) is 0 Å². The Balaban J connectivity index is 1.88. The zero-order valence-corrected chi connectivity index (χ0v) is 14.3. The van der Waals surface area contributed by atoms with Crippen molar-refractivity contribution in [2.75, 3.05) is 26.2 Å². The van der Waals surface area contributed by atoms with E-state index in [1.807, 2.05) is 4.90 Å². The van der Waals surface area contributed by atoms with Gasteiger partial charge in [0.2, 0.25) is 5.91 Å². The summed E-state index contributed by atoms with van der Waals surface area (Å²) in [5.74, 6) is 0.371. The maximum Gasteiger partial charge on any atom is 0.289 e. The average molecular weight is 357 g/mol. The van der Waals surface area contributed by atoms with Gasteiger partial charge in [-0.1, -0.05) is 20.8 Å². The van der Waals surface area contributed by atoms with Crippen LogP contribution in [-0.4, -0.2) is 47.8 Å². The highest BCUT2D eigenvalue weighted by Crippen LogP contribution is 2.21. The van der Waals surface area contributed by atoms with Crippen molar-refractivity contribution < 1.29 is 14.0 Å². The van der Waals surface area contributed by atoms with Crippen molar-refractivity contribution in [1.29, 1.82) is 0 Å². The van der Waals surface area contributed by atoms with E-state index in [9.17, 15) is 9.59 Å². The van der Waals surface area contributed by atoms with Gasteiger partial charge in [-0.2, -0.15) is 0 Å². The molecule has 1 aromatic rings. The van der Waals surface area contributed by atoms with Crippen LogP contribution in [0.5, 0.6) is 0 Å². The standard InChI is InChI=1S/C15H21BrN2O3/c1-15(2,3)10-13(19)17-6-8-18(9-7-17)14(20)11-4-5-12(16)21-11/h4-5H,6-10H2,1-3H3. The number of carbonyl (C=O) groups is 2.